The van der Waals surface area contributed by atoms with E-state index in [0.29, 0.717) is 12.8 Å². The Bertz CT molecular complexity index is 705. The van der Waals surface area contributed by atoms with Crippen molar-refractivity contribution in [3.63, 3.8) is 0 Å². The minimum absolute atomic E-state index is 0.122. The number of thiophene rings is 1. The third-order valence-electron chi connectivity index (χ3n) is 4.03. The molecule has 1 aliphatic rings. The lowest BCUT2D eigenvalue weighted by Crippen LogP contribution is -2.55. The van der Waals surface area contributed by atoms with Crippen LogP contribution in [-0.2, 0) is 30.9 Å². The molecule has 0 unspecified atom stereocenters. The summed E-state index contributed by atoms with van der Waals surface area (Å²) in [6.07, 6.45) is 3.39. The number of ether oxygens (including phenoxy) is 1. The lowest BCUT2D eigenvalue weighted by atomic mass is 9.83. The minimum atomic E-state index is -3.84. The number of rotatable bonds is 6. The van der Waals surface area contributed by atoms with Crippen LogP contribution in [0.25, 0.3) is 0 Å². The summed E-state index contributed by atoms with van der Waals surface area (Å²) >= 11 is 1.07. The Morgan fingerprint density at radius 2 is 1.92 bits per heavy atom. The zero-order valence-electron chi connectivity index (χ0n) is 13.8. The van der Waals surface area contributed by atoms with Crippen molar-refractivity contribution in [1.82, 2.24) is 10.0 Å². The Morgan fingerprint density at radius 3 is 2.50 bits per heavy atom. The van der Waals surface area contributed by atoms with Crippen molar-refractivity contribution in [3.05, 3.63) is 17.0 Å². The summed E-state index contributed by atoms with van der Waals surface area (Å²) in [5.74, 6) is -0.724. The first-order valence-electron chi connectivity index (χ1n) is 7.75. The van der Waals surface area contributed by atoms with Gasteiger partial charge >= 0.3 is 5.97 Å². The molecule has 0 atom stereocenters. The van der Waals surface area contributed by atoms with E-state index in [-0.39, 0.29) is 16.7 Å². The number of methoxy groups -OCH3 is 1. The number of sulfonamides is 1. The van der Waals surface area contributed by atoms with E-state index in [1.165, 1.54) is 20.1 Å². The molecule has 0 bridgehead atoms. The van der Waals surface area contributed by atoms with E-state index in [0.717, 1.165) is 35.5 Å². The van der Waals surface area contributed by atoms with Gasteiger partial charge in [-0.25, -0.2) is 8.42 Å². The van der Waals surface area contributed by atoms with Gasteiger partial charge in [-0.1, -0.05) is 19.3 Å². The van der Waals surface area contributed by atoms with Crippen LogP contribution < -0.4 is 10.0 Å². The summed E-state index contributed by atoms with van der Waals surface area (Å²) in [6.45, 7) is 1.67. The third-order valence-corrected chi connectivity index (χ3v) is 7.14. The Morgan fingerprint density at radius 1 is 1.25 bits per heavy atom. The fourth-order valence-corrected chi connectivity index (χ4v) is 5.52. The molecule has 1 heterocycles. The standard InChI is InChI=1S/C15H22N2O5S2/c1-11(18)16-10-12-6-7-13(23-12)24(20,21)17-15(14(19)22-2)8-4-3-5-9-15/h6-7,17H,3-5,8-10H2,1-2H3,(H,16,18). The second kappa shape index (κ2) is 7.62. The first-order valence-corrected chi connectivity index (χ1v) is 10.0. The first kappa shape index (κ1) is 18.9. The number of nitrogens with one attached hydrogen (secondary N) is 2. The molecule has 1 fully saturated rings. The van der Waals surface area contributed by atoms with Crippen molar-refractivity contribution in [2.45, 2.75) is 55.3 Å². The molecule has 0 radical (unpaired) electrons. The molecule has 1 amide bonds. The van der Waals surface area contributed by atoms with E-state index < -0.39 is 21.5 Å². The molecular weight excluding hydrogens is 352 g/mol. The molecule has 1 aromatic heterocycles. The van der Waals surface area contributed by atoms with Crippen molar-refractivity contribution in [2.24, 2.45) is 0 Å². The molecule has 2 N–H and O–H groups in total. The fraction of sp³-hybridized carbons (Fsp3) is 0.600. The molecule has 0 aliphatic heterocycles. The van der Waals surface area contributed by atoms with Gasteiger partial charge in [0.15, 0.2) is 0 Å². The molecule has 2 rings (SSSR count). The van der Waals surface area contributed by atoms with Gasteiger partial charge in [-0.15, -0.1) is 11.3 Å². The van der Waals surface area contributed by atoms with Crippen molar-refractivity contribution in [2.75, 3.05) is 7.11 Å². The average Bonchev–Trinajstić information content (AvgIpc) is 3.02. The Kier molecular flexibility index (Phi) is 6.00. The molecule has 1 aliphatic carbocycles. The van der Waals surface area contributed by atoms with Crippen LogP contribution in [0.5, 0.6) is 0 Å². The van der Waals surface area contributed by atoms with Gasteiger partial charge in [0.2, 0.25) is 5.91 Å². The summed E-state index contributed by atoms with van der Waals surface area (Å²) in [6, 6.07) is 3.14. The molecule has 0 aromatic carbocycles. The van der Waals surface area contributed by atoms with Crippen LogP contribution >= 0.6 is 11.3 Å². The topological polar surface area (TPSA) is 102 Å². The molecule has 7 nitrogen and oxygen atoms in total. The Hall–Kier alpha value is -1.45. The number of hydrogen-bond donors (Lipinski definition) is 2. The maximum absolute atomic E-state index is 12.7. The maximum atomic E-state index is 12.7. The normalized spacial score (nSPS) is 17.2. The van der Waals surface area contributed by atoms with E-state index in [9.17, 15) is 18.0 Å². The maximum Gasteiger partial charge on any atom is 0.327 e. The zero-order valence-corrected chi connectivity index (χ0v) is 15.4. The summed E-state index contributed by atoms with van der Waals surface area (Å²) in [7, 11) is -2.57. The highest BCUT2D eigenvalue weighted by Crippen LogP contribution is 2.32. The third kappa shape index (κ3) is 4.34. The molecule has 1 aromatic rings. The smallest absolute Gasteiger partial charge is 0.327 e. The second-order valence-electron chi connectivity index (χ2n) is 5.87. The monoisotopic (exact) mass is 374 g/mol. The number of hydrogen-bond acceptors (Lipinski definition) is 6. The van der Waals surface area contributed by atoms with E-state index in [1.54, 1.807) is 6.07 Å². The van der Waals surface area contributed by atoms with Gasteiger partial charge in [0.25, 0.3) is 10.0 Å². The SMILES string of the molecule is COC(=O)C1(NS(=O)(=O)c2ccc(CNC(C)=O)s2)CCCCC1. The first-order chi connectivity index (χ1) is 11.3. The number of amides is 1. The highest BCUT2D eigenvalue weighted by atomic mass is 32.2. The van der Waals surface area contributed by atoms with Gasteiger partial charge in [-0.2, -0.15) is 4.72 Å². The molecule has 0 spiro atoms. The quantitative estimate of drug-likeness (QED) is 0.736. The summed E-state index contributed by atoms with van der Waals surface area (Å²) in [5, 5.41) is 2.62. The average molecular weight is 374 g/mol. The molecule has 9 heteroatoms. The van der Waals surface area contributed by atoms with Crippen molar-refractivity contribution >= 4 is 33.2 Å². The predicted octanol–water partition coefficient (Wildman–Crippen LogP) is 1.54. The molecule has 24 heavy (non-hydrogen) atoms. The van der Waals surface area contributed by atoms with E-state index in [2.05, 4.69) is 10.0 Å². The van der Waals surface area contributed by atoms with Crippen LogP contribution in [0.15, 0.2) is 16.3 Å². The minimum Gasteiger partial charge on any atom is -0.468 e. The predicted molar refractivity (Wildman–Crippen MR) is 90.0 cm³/mol. The van der Waals surface area contributed by atoms with Gasteiger partial charge in [0.1, 0.15) is 9.75 Å². The zero-order chi connectivity index (χ0) is 17.8. The van der Waals surface area contributed by atoms with Crippen molar-refractivity contribution < 1.29 is 22.7 Å². The van der Waals surface area contributed by atoms with Gasteiger partial charge in [-0.05, 0) is 25.0 Å². The van der Waals surface area contributed by atoms with Gasteiger partial charge < -0.3 is 10.1 Å². The number of carbonyl (C=O) groups is 2. The molecule has 1 saturated carbocycles. The van der Waals surface area contributed by atoms with Crippen LogP contribution in [-0.4, -0.2) is 32.9 Å². The van der Waals surface area contributed by atoms with Crippen LogP contribution in [0.3, 0.4) is 0 Å². The number of esters is 1. The van der Waals surface area contributed by atoms with Crippen LogP contribution in [0.2, 0.25) is 0 Å². The van der Waals surface area contributed by atoms with Crippen molar-refractivity contribution in [3.8, 4) is 0 Å². The molecule has 134 valence electrons. The summed E-state index contributed by atoms with van der Waals surface area (Å²) < 4.78 is 32.9. The lowest BCUT2D eigenvalue weighted by Gasteiger charge is -2.34. The lowest BCUT2D eigenvalue weighted by molar-refractivity contribution is -0.149. The molecule has 0 saturated heterocycles. The Balaban J connectivity index is 2.19. The highest BCUT2D eigenvalue weighted by Gasteiger charge is 2.44. The largest absolute Gasteiger partial charge is 0.468 e. The van der Waals surface area contributed by atoms with Gasteiger partial charge in [-0.3, -0.25) is 9.59 Å². The van der Waals surface area contributed by atoms with Gasteiger partial charge in [0, 0.05) is 11.8 Å². The van der Waals surface area contributed by atoms with Crippen LogP contribution in [0, 0.1) is 0 Å². The van der Waals surface area contributed by atoms with Gasteiger partial charge in [0.05, 0.1) is 13.7 Å². The van der Waals surface area contributed by atoms with Crippen LogP contribution in [0.4, 0.5) is 0 Å². The molecular formula is C15H22N2O5S2. The highest BCUT2D eigenvalue weighted by molar-refractivity contribution is 7.91. The summed E-state index contributed by atoms with van der Waals surface area (Å²) in [5.41, 5.74) is -1.19. The van der Waals surface area contributed by atoms with E-state index >= 15 is 0 Å². The summed E-state index contributed by atoms with van der Waals surface area (Å²) in [4.78, 5) is 23.9. The van der Waals surface area contributed by atoms with E-state index in [1.807, 2.05) is 0 Å². The number of carbonyl (C=O) groups excluding carboxylic acids is 2. The van der Waals surface area contributed by atoms with E-state index in [4.69, 9.17) is 4.74 Å². The second-order valence-corrected chi connectivity index (χ2v) is 8.95. The fourth-order valence-electron chi connectivity index (χ4n) is 2.82. The van der Waals surface area contributed by atoms with Crippen molar-refractivity contribution in [1.29, 1.82) is 0 Å². The Labute approximate surface area is 145 Å². The van der Waals surface area contributed by atoms with Crippen LogP contribution in [0.1, 0.15) is 43.9 Å².